The van der Waals surface area contributed by atoms with Gasteiger partial charge in [0.25, 0.3) is 0 Å². The number of ether oxygens (including phenoxy) is 4. The molecule has 1 N–H and O–H groups in total. The fourth-order valence-electron chi connectivity index (χ4n) is 3.47. The summed E-state index contributed by atoms with van der Waals surface area (Å²) >= 11 is 6.05. The predicted octanol–water partition coefficient (Wildman–Crippen LogP) is 3.37. The molecule has 0 spiro atoms. The normalized spacial score (nSPS) is 18.5. The van der Waals surface area contributed by atoms with E-state index < -0.39 is 5.92 Å². The molecule has 1 heterocycles. The molecule has 1 aliphatic heterocycles. The molecule has 28 heavy (non-hydrogen) atoms. The Bertz CT molecular complexity index is 862. The number of carbonyl (C=O) groups excluding carboxylic acids is 1. The van der Waals surface area contributed by atoms with E-state index in [9.17, 15) is 9.90 Å². The van der Waals surface area contributed by atoms with E-state index in [-0.39, 0.29) is 23.6 Å². The van der Waals surface area contributed by atoms with Crippen LogP contribution in [0, 0.1) is 5.92 Å². The number of methoxy groups -OCH3 is 4. The summed E-state index contributed by atoms with van der Waals surface area (Å²) in [6.07, 6.45) is 0. The molecule has 0 saturated carbocycles. The monoisotopic (exact) mass is 407 g/mol. The topological polar surface area (TPSA) is 77.5 Å². The zero-order valence-corrected chi connectivity index (χ0v) is 16.8. The molecule has 0 unspecified atom stereocenters. The lowest BCUT2D eigenvalue weighted by molar-refractivity contribution is -0.129. The average molecular weight is 408 g/mol. The molecule has 0 radical (unpaired) electrons. The van der Waals surface area contributed by atoms with Crippen LogP contribution in [-0.4, -0.2) is 45.3 Å². The van der Waals surface area contributed by atoms with Gasteiger partial charge in [-0.2, -0.15) is 0 Å². The highest BCUT2D eigenvalue weighted by atomic mass is 35.5. The van der Waals surface area contributed by atoms with Crippen LogP contribution in [0.3, 0.4) is 0 Å². The third-order valence-electron chi connectivity index (χ3n) is 4.85. The van der Waals surface area contributed by atoms with Crippen molar-refractivity contribution in [3.63, 3.8) is 0 Å². The Balaban J connectivity index is 2.07. The Morgan fingerprint density at radius 3 is 2.04 bits per heavy atom. The molecule has 7 nitrogen and oxygen atoms in total. The number of amides is 1. The molecule has 3 rings (SSSR count). The fourth-order valence-corrected chi connectivity index (χ4v) is 3.77. The Hall–Kier alpha value is -2.80. The number of hydrogen-bond donors (Lipinski definition) is 1. The number of alkyl halides is 1. The molecule has 8 heteroatoms. The maximum absolute atomic E-state index is 12.8. The first-order valence-corrected chi connectivity index (χ1v) is 9.10. The van der Waals surface area contributed by atoms with Crippen LogP contribution < -0.4 is 23.8 Å². The molecular weight excluding hydrogens is 386 g/mol. The van der Waals surface area contributed by atoms with Crippen LogP contribution in [0.4, 0.5) is 5.69 Å². The summed E-state index contributed by atoms with van der Waals surface area (Å²) in [5, 5.41) is 10.2. The number of aromatic hydroxyl groups is 1. The lowest BCUT2D eigenvalue weighted by Crippen LogP contribution is -2.56. The van der Waals surface area contributed by atoms with Gasteiger partial charge in [-0.3, -0.25) is 4.79 Å². The van der Waals surface area contributed by atoms with Crippen molar-refractivity contribution in [2.24, 2.45) is 5.92 Å². The number of nitrogens with zero attached hydrogens (tertiary/aromatic N) is 1. The Kier molecular flexibility index (Phi) is 5.74. The van der Waals surface area contributed by atoms with Crippen LogP contribution in [0.15, 0.2) is 30.3 Å². The van der Waals surface area contributed by atoms with E-state index >= 15 is 0 Å². The van der Waals surface area contributed by atoms with E-state index in [4.69, 9.17) is 30.5 Å². The largest absolute Gasteiger partial charge is 0.504 e. The van der Waals surface area contributed by atoms with E-state index in [1.807, 2.05) is 0 Å². The summed E-state index contributed by atoms with van der Waals surface area (Å²) < 4.78 is 21.2. The van der Waals surface area contributed by atoms with Crippen molar-refractivity contribution in [3.8, 4) is 28.7 Å². The van der Waals surface area contributed by atoms with Crippen LogP contribution >= 0.6 is 11.6 Å². The third kappa shape index (κ3) is 3.16. The van der Waals surface area contributed by atoms with E-state index in [0.29, 0.717) is 28.7 Å². The molecule has 2 aromatic rings. The number of hydrogen-bond acceptors (Lipinski definition) is 6. The first-order valence-electron chi connectivity index (χ1n) is 8.56. The van der Waals surface area contributed by atoms with Gasteiger partial charge in [0.15, 0.2) is 23.0 Å². The highest BCUT2D eigenvalue weighted by Crippen LogP contribution is 2.49. The van der Waals surface area contributed by atoms with Crippen LogP contribution in [-0.2, 0) is 4.79 Å². The Labute approximate surface area is 168 Å². The second kappa shape index (κ2) is 8.06. The molecule has 0 aromatic heterocycles. The SMILES string of the molecule is COc1ccc([C@H]2[C@H](CCl)C(=O)N2c2cc(OC)c(OC)c(OC)c2)cc1O. The maximum Gasteiger partial charge on any atom is 0.234 e. The minimum absolute atomic E-state index is 0.00230. The van der Waals surface area contributed by atoms with Gasteiger partial charge in [-0.1, -0.05) is 6.07 Å². The zero-order chi connectivity index (χ0) is 20.4. The second-order valence-corrected chi connectivity index (χ2v) is 6.54. The van der Waals surface area contributed by atoms with Gasteiger partial charge < -0.3 is 29.0 Å². The quantitative estimate of drug-likeness (QED) is 0.560. The third-order valence-corrected chi connectivity index (χ3v) is 5.18. The van der Waals surface area contributed by atoms with Gasteiger partial charge in [-0.15, -0.1) is 11.6 Å². The van der Waals surface area contributed by atoms with Gasteiger partial charge in [0.1, 0.15) is 0 Å². The van der Waals surface area contributed by atoms with Gasteiger partial charge in [-0.05, 0) is 17.7 Å². The van der Waals surface area contributed by atoms with Crippen molar-refractivity contribution in [1.29, 1.82) is 0 Å². The minimum Gasteiger partial charge on any atom is -0.504 e. The summed E-state index contributed by atoms with van der Waals surface area (Å²) in [6, 6.07) is 8.12. The number of phenols is 1. The highest BCUT2D eigenvalue weighted by molar-refractivity contribution is 6.21. The molecule has 2 aromatic carbocycles. The van der Waals surface area contributed by atoms with E-state index in [1.54, 1.807) is 35.2 Å². The number of carbonyl (C=O) groups is 1. The zero-order valence-electron chi connectivity index (χ0n) is 16.1. The Morgan fingerprint density at radius 2 is 1.57 bits per heavy atom. The fraction of sp³-hybridized carbons (Fsp3) is 0.350. The molecule has 1 fully saturated rings. The number of phenolic OH excluding ortho intramolecular Hbond substituents is 1. The van der Waals surface area contributed by atoms with Gasteiger partial charge in [-0.25, -0.2) is 0 Å². The second-order valence-electron chi connectivity index (χ2n) is 6.23. The molecule has 1 aliphatic rings. The molecule has 1 amide bonds. The summed E-state index contributed by atoms with van der Waals surface area (Å²) in [5.41, 5.74) is 1.33. The minimum atomic E-state index is -0.409. The smallest absolute Gasteiger partial charge is 0.234 e. The first-order chi connectivity index (χ1) is 13.5. The first kappa shape index (κ1) is 19.9. The molecular formula is C20H22ClNO6. The number of benzene rings is 2. The van der Waals surface area contributed by atoms with Crippen LogP contribution in [0.1, 0.15) is 11.6 Å². The molecule has 150 valence electrons. The van der Waals surface area contributed by atoms with Crippen molar-refractivity contribution in [2.45, 2.75) is 6.04 Å². The summed E-state index contributed by atoms with van der Waals surface area (Å²) in [5.74, 6) is 1.31. The number of halogens is 1. The lowest BCUT2D eigenvalue weighted by atomic mass is 9.83. The lowest BCUT2D eigenvalue weighted by Gasteiger charge is -2.47. The van der Waals surface area contributed by atoms with Crippen molar-refractivity contribution in [1.82, 2.24) is 0 Å². The van der Waals surface area contributed by atoms with Crippen LogP contribution in [0.2, 0.25) is 0 Å². The average Bonchev–Trinajstić information content (AvgIpc) is 2.71. The molecule has 0 aliphatic carbocycles. The number of anilines is 1. The van der Waals surface area contributed by atoms with Crippen molar-refractivity contribution >= 4 is 23.2 Å². The predicted molar refractivity (Wildman–Crippen MR) is 105 cm³/mol. The van der Waals surface area contributed by atoms with Crippen LogP contribution in [0.5, 0.6) is 28.7 Å². The van der Waals surface area contributed by atoms with E-state index in [2.05, 4.69) is 0 Å². The van der Waals surface area contributed by atoms with Crippen molar-refractivity contribution in [3.05, 3.63) is 35.9 Å². The van der Waals surface area contributed by atoms with Gasteiger partial charge in [0.2, 0.25) is 11.7 Å². The van der Waals surface area contributed by atoms with Gasteiger partial charge >= 0.3 is 0 Å². The number of β-lactam (4-membered cyclic amide) rings is 1. The summed E-state index contributed by atoms with van der Waals surface area (Å²) in [6.45, 7) is 0. The molecule has 1 saturated heterocycles. The molecule has 2 atom stereocenters. The van der Waals surface area contributed by atoms with Gasteiger partial charge in [0, 0.05) is 18.0 Å². The van der Waals surface area contributed by atoms with E-state index in [1.165, 1.54) is 28.4 Å². The maximum atomic E-state index is 12.8. The highest BCUT2D eigenvalue weighted by Gasteiger charge is 2.48. The Morgan fingerprint density at radius 1 is 0.964 bits per heavy atom. The summed E-state index contributed by atoms with van der Waals surface area (Å²) in [4.78, 5) is 14.4. The van der Waals surface area contributed by atoms with Crippen molar-refractivity contribution < 1.29 is 28.8 Å². The van der Waals surface area contributed by atoms with Crippen molar-refractivity contribution in [2.75, 3.05) is 39.2 Å². The van der Waals surface area contributed by atoms with Gasteiger partial charge in [0.05, 0.1) is 46.1 Å². The standard InChI is InChI=1S/C20H22ClNO6/c1-25-15-6-5-11(7-14(15)23)18-13(10-21)20(24)22(18)12-8-16(26-2)19(28-4)17(9-12)27-3/h5-9,13,18,23H,10H2,1-4H3/t13-,18-/m0/s1. The summed E-state index contributed by atoms with van der Waals surface area (Å²) in [7, 11) is 6.02. The van der Waals surface area contributed by atoms with E-state index in [0.717, 1.165) is 5.56 Å². The van der Waals surface area contributed by atoms with Crippen LogP contribution in [0.25, 0.3) is 0 Å². The number of rotatable bonds is 7. The molecule has 0 bridgehead atoms.